The minimum absolute atomic E-state index is 0.0139. The first-order valence-electron chi connectivity index (χ1n) is 9.35. The summed E-state index contributed by atoms with van der Waals surface area (Å²) >= 11 is 3.01. The summed E-state index contributed by atoms with van der Waals surface area (Å²) in [5, 5.41) is 4.38. The lowest BCUT2D eigenvalue weighted by Crippen LogP contribution is -2.29. The highest BCUT2D eigenvalue weighted by molar-refractivity contribution is 7.99. The predicted molar refractivity (Wildman–Crippen MR) is 109 cm³/mol. The van der Waals surface area contributed by atoms with E-state index in [0.29, 0.717) is 30.1 Å². The van der Waals surface area contributed by atoms with E-state index in [1.165, 1.54) is 22.2 Å². The molecule has 2 aromatic rings. The Hall–Kier alpha value is -1.34. The van der Waals surface area contributed by atoms with Crippen molar-refractivity contribution in [3.8, 4) is 0 Å². The van der Waals surface area contributed by atoms with Crippen molar-refractivity contribution in [2.45, 2.75) is 58.7 Å². The molecule has 0 radical (unpaired) electrons. The Bertz CT molecular complexity index is 870. The summed E-state index contributed by atoms with van der Waals surface area (Å²) in [6, 6.07) is 0. The number of thioether (sulfide) groups is 1. The molecule has 2 heterocycles. The number of hydrogen-bond acceptors (Lipinski definition) is 5. The van der Waals surface area contributed by atoms with Crippen molar-refractivity contribution in [3.63, 3.8) is 0 Å². The lowest BCUT2D eigenvalue weighted by molar-refractivity contribution is -0.118. The molecule has 0 fully saturated rings. The molecule has 1 aliphatic carbocycles. The number of rotatable bonds is 6. The zero-order valence-corrected chi connectivity index (χ0v) is 17.6. The first-order chi connectivity index (χ1) is 12.4. The van der Waals surface area contributed by atoms with Gasteiger partial charge in [-0.05, 0) is 43.6 Å². The normalized spacial score (nSPS) is 16.9. The van der Waals surface area contributed by atoms with Gasteiger partial charge in [0.05, 0.1) is 11.1 Å². The maximum atomic E-state index is 13.1. The first-order valence-corrected chi connectivity index (χ1v) is 11.2. The van der Waals surface area contributed by atoms with E-state index in [2.05, 4.69) is 26.1 Å². The zero-order chi connectivity index (χ0) is 18.8. The molecule has 26 heavy (non-hydrogen) atoms. The second kappa shape index (κ2) is 8.13. The molecule has 1 N–H and O–H groups in total. The standard InChI is InChI=1S/C19H27N3O2S2/c1-5-22-18(24)16-13-7-6-12(4)8-14(13)26-17(16)21-19(22)25-10-15(23)20-9-11(2)3/h11-12H,5-10H2,1-4H3,(H,20,23)/t12-/m0/s1. The van der Waals surface area contributed by atoms with Crippen LogP contribution >= 0.6 is 23.1 Å². The molecule has 142 valence electrons. The molecule has 0 aliphatic heterocycles. The third-order valence-electron chi connectivity index (χ3n) is 4.74. The number of aromatic nitrogens is 2. The van der Waals surface area contributed by atoms with Crippen molar-refractivity contribution >= 4 is 39.2 Å². The van der Waals surface area contributed by atoms with Crippen molar-refractivity contribution in [1.82, 2.24) is 14.9 Å². The summed E-state index contributed by atoms with van der Waals surface area (Å²) in [6.07, 6.45) is 3.15. The van der Waals surface area contributed by atoms with Gasteiger partial charge in [-0.3, -0.25) is 14.2 Å². The molecule has 0 spiro atoms. The molecule has 0 saturated carbocycles. The van der Waals surface area contributed by atoms with E-state index < -0.39 is 0 Å². The van der Waals surface area contributed by atoms with Gasteiger partial charge in [0, 0.05) is 18.0 Å². The topological polar surface area (TPSA) is 64.0 Å². The van der Waals surface area contributed by atoms with Gasteiger partial charge < -0.3 is 5.32 Å². The highest BCUT2D eigenvalue weighted by Gasteiger charge is 2.24. The van der Waals surface area contributed by atoms with Crippen LogP contribution in [0.1, 0.15) is 44.6 Å². The molecule has 0 bridgehead atoms. The van der Waals surface area contributed by atoms with Crippen molar-refractivity contribution in [3.05, 3.63) is 20.8 Å². The fourth-order valence-corrected chi connectivity index (χ4v) is 5.61. The van der Waals surface area contributed by atoms with E-state index in [1.807, 2.05) is 6.92 Å². The largest absolute Gasteiger partial charge is 0.355 e. The lowest BCUT2D eigenvalue weighted by atomic mass is 9.89. The van der Waals surface area contributed by atoms with Crippen LogP contribution < -0.4 is 10.9 Å². The minimum atomic E-state index is -0.0139. The van der Waals surface area contributed by atoms with Crippen LogP contribution in [-0.4, -0.2) is 27.8 Å². The number of thiophene rings is 1. The summed E-state index contributed by atoms with van der Waals surface area (Å²) in [7, 11) is 0. The number of carbonyl (C=O) groups is 1. The lowest BCUT2D eigenvalue weighted by Gasteiger charge is -2.17. The van der Waals surface area contributed by atoms with Crippen LogP contribution in [0.25, 0.3) is 10.2 Å². The summed E-state index contributed by atoms with van der Waals surface area (Å²) < 4.78 is 1.72. The second-order valence-electron chi connectivity index (χ2n) is 7.46. The average molecular weight is 394 g/mol. The van der Waals surface area contributed by atoms with Gasteiger partial charge >= 0.3 is 0 Å². The van der Waals surface area contributed by atoms with Crippen molar-refractivity contribution in [1.29, 1.82) is 0 Å². The Morgan fingerprint density at radius 1 is 1.46 bits per heavy atom. The fraction of sp³-hybridized carbons (Fsp3) is 0.632. The van der Waals surface area contributed by atoms with Gasteiger partial charge in [0.15, 0.2) is 5.16 Å². The van der Waals surface area contributed by atoms with Crippen LogP contribution in [0, 0.1) is 11.8 Å². The first kappa shape index (κ1) is 19.4. The molecule has 1 atom stereocenters. The van der Waals surface area contributed by atoms with Gasteiger partial charge in [0.25, 0.3) is 5.56 Å². The maximum Gasteiger partial charge on any atom is 0.263 e. The number of nitrogens with zero attached hydrogens (tertiary/aromatic N) is 2. The van der Waals surface area contributed by atoms with Gasteiger partial charge in [0.2, 0.25) is 5.91 Å². The minimum Gasteiger partial charge on any atom is -0.355 e. The Morgan fingerprint density at radius 2 is 2.23 bits per heavy atom. The highest BCUT2D eigenvalue weighted by Crippen LogP contribution is 2.36. The Balaban J connectivity index is 1.89. The highest BCUT2D eigenvalue weighted by atomic mass is 32.2. The van der Waals surface area contributed by atoms with Crippen molar-refractivity contribution in [2.24, 2.45) is 11.8 Å². The predicted octanol–water partition coefficient (Wildman–Crippen LogP) is 3.47. The van der Waals surface area contributed by atoms with Gasteiger partial charge in [-0.1, -0.05) is 32.5 Å². The molecule has 7 heteroatoms. The van der Waals surface area contributed by atoms with Crippen LogP contribution in [0.4, 0.5) is 0 Å². The SMILES string of the molecule is CCn1c(SCC(=O)NCC(C)C)nc2sc3c(c2c1=O)CC[C@H](C)C3. The van der Waals surface area contributed by atoms with E-state index >= 15 is 0 Å². The molecule has 1 aliphatic rings. The third-order valence-corrected chi connectivity index (χ3v) is 6.86. The second-order valence-corrected chi connectivity index (χ2v) is 9.49. The van der Waals surface area contributed by atoms with Crippen molar-refractivity contribution in [2.75, 3.05) is 12.3 Å². The number of amides is 1. The molecule has 0 saturated heterocycles. The van der Waals surface area contributed by atoms with E-state index in [1.54, 1.807) is 15.9 Å². The van der Waals surface area contributed by atoms with Gasteiger partial charge in [-0.25, -0.2) is 4.98 Å². The van der Waals surface area contributed by atoms with Gasteiger partial charge in [-0.2, -0.15) is 0 Å². The van der Waals surface area contributed by atoms with Crippen LogP contribution in [0.5, 0.6) is 0 Å². The molecular weight excluding hydrogens is 366 g/mol. The van der Waals surface area contributed by atoms with Crippen molar-refractivity contribution < 1.29 is 4.79 Å². The molecule has 2 aromatic heterocycles. The number of aryl methyl sites for hydroxylation is 1. The molecule has 5 nitrogen and oxygen atoms in total. The van der Waals surface area contributed by atoms with E-state index in [9.17, 15) is 9.59 Å². The number of carbonyl (C=O) groups excluding carboxylic acids is 1. The number of hydrogen-bond donors (Lipinski definition) is 1. The number of nitrogens with one attached hydrogen (secondary N) is 1. The Labute approximate surface area is 162 Å². The third kappa shape index (κ3) is 3.98. The van der Waals surface area contributed by atoms with Crippen LogP contribution in [0.2, 0.25) is 0 Å². The quantitative estimate of drug-likeness (QED) is 0.603. The van der Waals surface area contributed by atoms with E-state index in [4.69, 9.17) is 4.98 Å². The monoisotopic (exact) mass is 393 g/mol. The summed E-state index contributed by atoms with van der Waals surface area (Å²) in [5.41, 5.74) is 1.27. The molecular formula is C19H27N3O2S2. The van der Waals surface area contributed by atoms with Crippen LogP contribution in [-0.2, 0) is 24.2 Å². The van der Waals surface area contributed by atoms with E-state index in [0.717, 1.165) is 29.5 Å². The van der Waals surface area contributed by atoms with Gasteiger partial charge in [0.1, 0.15) is 4.83 Å². The molecule has 1 amide bonds. The Kier molecular flexibility index (Phi) is 6.07. The molecule has 3 rings (SSSR count). The molecule has 0 aromatic carbocycles. The molecule has 0 unspecified atom stereocenters. The summed E-state index contributed by atoms with van der Waals surface area (Å²) in [4.78, 5) is 32.0. The fourth-order valence-electron chi connectivity index (χ4n) is 3.29. The van der Waals surface area contributed by atoms with Crippen LogP contribution in [0.3, 0.4) is 0 Å². The summed E-state index contributed by atoms with van der Waals surface area (Å²) in [6.45, 7) is 9.59. The Morgan fingerprint density at radius 3 is 2.92 bits per heavy atom. The maximum absolute atomic E-state index is 13.1. The van der Waals surface area contributed by atoms with E-state index in [-0.39, 0.29) is 17.2 Å². The van der Waals surface area contributed by atoms with Crippen LogP contribution in [0.15, 0.2) is 9.95 Å². The average Bonchev–Trinajstić information content (AvgIpc) is 2.95. The van der Waals surface area contributed by atoms with Gasteiger partial charge in [-0.15, -0.1) is 11.3 Å². The number of fused-ring (bicyclic) bond motifs is 3. The smallest absolute Gasteiger partial charge is 0.263 e. The zero-order valence-electron chi connectivity index (χ0n) is 15.9. The summed E-state index contributed by atoms with van der Waals surface area (Å²) in [5.74, 6) is 1.36.